The van der Waals surface area contributed by atoms with E-state index < -0.39 is 60.3 Å². The van der Waals surface area contributed by atoms with Crippen LogP contribution in [0.1, 0.15) is 19.8 Å². The minimum absolute atomic E-state index is 0.514. The Kier molecular flexibility index (Phi) is 5.99. The van der Waals surface area contributed by atoms with Gasteiger partial charge in [-0.15, -0.1) is 0 Å². The van der Waals surface area contributed by atoms with E-state index in [-0.39, 0.29) is 0 Å². The molecule has 0 aliphatic heterocycles. The van der Waals surface area contributed by atoms with Crippen LogP contribution in [0.5, 0.6) is 5.75 Å². The smallest absolute Gasteiger partial charge is 0.425 e. The number of ether oxygens (including phenoxy) is 2. The van der Waals surface area contributed by atoms with Crippen LogP contribution in [0.25, 0.3) is 0 Å². The fraction of sp³-hybridized carbons (Fsp3) is 0.385. The van der Waals surface area contributed by atoms with Gasteiger partial charge in [-0.1, -0.05) is 0 Å². The Bertz CT molecular complexity index is 599. The lowest BCUT2D eigenvalue weighted by Crippen LogP contribution is -2.31. The van der Waals surface area contributed by atoms with Gasteiger partial charge in [0.05, 0.1) is 12.8 Å². The van der Waals surface area contributed by atoms with E-state index in [1.54, 1.807) is 0 Å². The Balaban J connectivity index is 2.52. The van der Waals surface area contributed by atoms with Crippen molar-refractivity contribution in [1.29, 1.82) is 0 Å². The largest absolute Gasteiger partial charge is 0.453 e. The SMILES string of the molecule is CC(OC(=O)CCC(=O)Oc1ccc(F)c(F)c1F)C(F)(F)F. The van der Waals surface area contributed by atoms with Gasteiger partial charge in [-0.25, -0.2) is 8.78 Å². The molecule has 1 unspecified atom stereocenters. The molecular formula is C13H10F6O4. The Labute approximate surface area is 126 Å². The van der Waals surface area contributed by atoms with E-state index in [0.717, 1.165) is 0 Å². The minimum atomic E-state index is -4.75. The second-order valence-corrected chi connectivity index (χ2v) is 4.32. The first-order valence-corrected chi connectivity index (χ1v) is 6.12. The maximum Gasteiger partial charge on any atom is 0.425 e. The van der Waals surface area contributed by atoms with Gasteiger partial charge in [0, 0.05) is 0 Å². The summed E-state index contributed by atoms with van der Waals surface area (Å²) in [5, 5.41) is 0. The molecule has 0 radical (unpaired) electrons. The third kappa shape index (κ3) is 5.46. The van der Waals surface area contributed by atoms with E-state index in [1.807, 2.05) is 0 Å². The molecule has 10 heteroatoms. The third-order valence-electron chi connectivity index (χ3n) is 2.53. The van der Waals surface area contributed by atoms with Crippen LogP contribution in [-0.4, -0.2) is 24.2 Å². The van der Waals surface area contributed by atoms with Gasteiger partial charge in [0.25, 0.3) is 0 Å². The van der Waals surface area contributed by atoms with Crippen LogP contribution >= 0.6 is 0 Å². The van der Waals surface area contributed by atoms with Gasteiger partial charge in [-0.3, -0.25) is 9.59 Å². The van der Waals surface area contributed by atoms with Crippen molar-refractivity contribution in [2.45, 2.75) is 32.0 Å². The molecule has 0 N–H and O–H groups in total. The summed E-state index contributed by atoms with van der Waals surface area (Å²) in [5.41, 5.74) is 0. The summed E-state index contributed by atoms with van der Waals surface area (Å²) >= 11 is 0. The molecule has 1 atom stereocenters. The van der Waals surface area contributed by atoms with Gasteiger partial charge >= 0.3 is 18.1 Å². The van der Waals surface area contributed by atoms with Gasteiger partial charge in [-0.2, -0.15) is 17.6 Å². The first kappa shape index (κ1) is 18.8. The van der Waals surface area contributed by atoms with Crippen molar-refractivity contribution >= 4 is 11.9 Å². The fourth-order valence-corrected chi connectivity index (χ4v) is 1.29. The molecular weight excluding hydrogens is 334 g/mol. The monoisotopic (exact) mass is 344 g/mol. The van der Waals surface area contributed by atoms with Crippen molar-refractivity contribution in [2.24, 2.45) is 0 Å². The van der Waals surface area contributed by atoms with Gasteiger partial charge < -0.3 is 9.47 Å². The highest BCUT2D eigenvalue weighted by Crippen LogP contribution is 2.24. The van der Waals surface area contributed by atoms with Crippen molar-refractivity contribution in [2.75, 3.05) is 0 Å². The molecule has 0 spiro atoms. The molecule has 1 rings (SSSR count). The van der Waals surface area contributed by atoms with Crippen molar-refractivity contribution in [3.8, 4) is 5.75 Å². The zero-order valence-electron chi connectivity index (χ0n) is 11.5. The first-order chi connectivity index (χ1) is 10.5. The second-order valence-electron chi connectivity index (χ2n) is 4.32. The summed E-state index contributed by atoms with van der Waals surface area (Å²) < 4.78 is 83.5. The van der Waals surface area contributed by atoms with Gasteiger partial charge in [0.15, 0.2) is 23.5 Å². The average Bonchev–Trinajstić information content (AvgIpc) is 2.45. The number of hydrogen-bond acceptors (Lipinski definition) is 4. The van der Waals surface area contributed by atoms with Crippen LogP contribution in [0, 0.1) is 17.5 Å². The molecule has 0 aromatic heterocycles. The highest BCUT2D eigenvalue weighted by Gasteiger charge is 2.39. The first-order valence-electron chi connectivity index (χ1n) is 6.12. The normalized spacial score (nSPS) is 12.7. The zero-order valence-corrected chi connectivity index (χ0v) is 11.5. The van der Waals surface area contributed by atoms with E-state index in [9.17, 15) is 35.9 Å². The van der Waals surface area contributed by atoms with Gasteiger partial charge in [0.2, 0.25) is 5.82 Å². The molecule has 0 aliphatic rings. The lowest BCUT2D eigenvalue weighted by Gasteiger charge is -2.16. The van der Waals surface area contributed by atoms with Crippen LogP contribution in [0.2, 0.25) is 0 Å². The standard InChI is InChI=1S/C13H10F6O4/c1-6(13(17,18)19)22-9(20)4-5-10(21)23-8-3-2-7(14)11(15)12(8)16/h2-3,6H,4-5H2,1H3. The van der Waals surface area contributed by atoms with Crippen LogP contribution in [-0.2, 0) is 14.3 Å². The molecule has 0 heterocycles. The third-order valence-corrected chi connectivity index (χ3v) is 2.53. The number of halogens is 6. The molecule has 1 aromatic carbocycles. The van der Waals surface area contributed by atoms with Crippen molar-refractivity contribution in [1.82, 2.24) is 0 Å². The number of rotatable bonds is 5. The fourth-order valence-electron chi connectivity index (χ4n) is 1.29. The summed E-state index contributed by atoms with van der Waals surface area (Å²) in [6.45, 7) is 0.604. The van der Waals surface area contributed by atoms with E-state index in [0.29, 0.717) is 19.1 Å². The number of alkyl halides is 3. The predicted molar refractivity (Wildman–Crippen MR) is 62.8 cm³/mol. The van der Waals surface area contributed by atoms with E-state index >= 15 is 0 Å². The molecule has 0 saturated carbocycles. The molecule has 0 amide bonds. The maximum absolute atomic E-state index is 13.2. The van der Waals surface area contributed by atoms with Gasteiger partial charge in [0.1, 0.15) is 0 Å². The molecule has 0 bridgehead atoms. The van der Waals surface area contributed by atoms with Crippen LogP contribution in [0.4, 0.5) is 26.3 Å². The van der Waals surface area contributed by atoms with Gasteiger partial charge in [-0.05, 0) is 19.1 Å². The summed E-state index contributed by atoms with van der Waals surface area (Å²) in [6, 6.07) is 1.16. The zero-order chi connectivity index (χ0) is 17.8. The Hall–Kier alpha value is -2.26. The second kappa shape index (κ2) is 7.34. The number of carbonyl (C=O) groups is 2. The Morgan fingerprint density at radius 1 is 1.04 bits per heavy atom. The summed E-state index contributed by atoms with van der Waals surface area (Å²) in [7, 11) is 0. The van der Waals surface area contributed by atoms with Crippen molar-refractivity contribution < 1.29 is 45.4 Å². The molecule has 4 nitrogen and oxygen atoms in total. The van der Waals surface area contributed by atoms with E-state index in [4.69, 9.17) is 0 Å². The topological polar surface area (TPSA) is 52.6 Å². The number of benzene rings is 1. The molecule has 1 aromatic rings. The van der Waals surface area contributed by atoms with Crippen LogP contribution < -0.4 is 4.74 Å². The maximum atomic E-state index is 13.2. The van der Waals surface area contributed by atoms with Crippen molar-refractivity contribution in [3.05, 3.63) is 29.6 Å². The lowest BCUT2D eigenvalue weighted by atomic mass is 10.3. The average molecular weight is 344 g/mol. The minimum Gasteiger partial charge on any atom is -0.453 e. The molecule has 23 heavy (non-hydrogen) atoms. The lowest BCUT2D eigenvalue weighted by molar-refractivity contribution is -0.216. The summed E-state index contributed by atoms with van der Waals surface area (Å²) in [6.07, 6.45) is -8.59. The molecule has 128 valence electrons. The molecule has 0 fully saturated rings. The number of carbonyl (C=O) groups excluding carboxylic acids is 2. The van der Waals surface area contributed by atoms with Crippen molar-refractivity contribution in [3.63, 3.8) is 0 Å². The van der Waals surface area contributed by atoms with E-state index in [2.05, 4.69) is 9.47 Å². The number of esters is 2. The molecule has 0 saturated heterocycles. The Morgan fingerprint density at radius 3 is 2.17 bits per heavy atom. The summed E-state index contributed by atoms with van der Waals surface area (Å²) in [4.78, 5) is 22.4. The summed E-state index contributed by atoms with van der Waals surface area (Å²) in [5.74, 6) is -8.55. The quantitative estimate of drug-likeness (QED) is 0.356. The molecule has 0 aliphatic carbocycles. The highest BCUT2D eigenvalue weighted by atomic mass is 19.4. The Morgan fingerprint density at radius 2 is 1.61 bits per heavy atom. The van der Waals surface area contributed by atoms with E-state index in [1.165, 1.54) is 0 Å². The number of hydrogen-bond donors (Lipinski definition) is 0. The van der Waals surface area contributed by atoms with Crippen LogP contribution in [0.3, 0.4) is 0 Å². The predicted octanol–water partition coefficient (Wildman–Crippen LogP) is 3.28. The van der Waals surface area contributed by atoms with Crippen LogP contribution in [0.15, 0.2) is 12.1 Å². The highest BCUT2D eigenvalue weighted by molar-refractivity contribution is 5.79.